The van der Waals surface area contributed by atoms with E-state index in [2.05, 4.69) is 55.6 Å². The van der Waals surface area contributed by atoms with Crippen LogP contribution in [0, 0.1) is 0 Å². The van der Waals surface area contributed by atoms with E-state index in [0.29, 0.717) is 12.8 Å². The Kier molecular flexibility index (Phi) is 46.7. The van der Waals surface area contributed by atoms with Crippen molar-refractivity contribution in [3.8, 4) is 0 Å². The molecule has 0 aromatic rings. The molecular weight excluding hydrogens is 1000 g/mol. The van der Waals surface area contributed by atoms with E-state index in [1.165, 1.54) is 193 Å². The lowest BCUT2D eigenvalue weighted by Crippen LogP contribution is -2.65. The molecule has 462 valence electrons. The van der Waals surface area contributed by atoms with Gasteiger partial charge in [-0.3, -0.25) is 4.79 Å². The molecule has 2 aliphatic heterocycles. The molecule has 9 N–H and O–H groups in total. The Labute approximate surface area is 480 Å². The van der Waals surface area contributed by atoms with Crippen LogP contribution >= 0.6 is 0 Å². The number of aliphatic hydroxyl groups is 8. The predicted molar refractivity (Wildman–Crippen MR) is 318 cm³/mol. The summed E-state index contributed by atoms with van der Waals surface area (Å²) in [5.74, 6) is -0.248. The second-order valence-electron chi connectivity index (χ2n) is 22.9. The maximum Gasteiger partial charge on any atom is 0.220 e. The summed E-state index contributed by atoms with van der Waals surface area (Å²) in [4.78, 5) is 13.3. The van der Waals surface area contributed by atoms with Crippen molar-refractivity contribution in [2.24, 2.45) is 0 Å². The van der Waals surface area contributed by atoms with Crippen LogP contribution < -0.4 is 5.32 Å². The number of ether oxygens (including phenoxy) is 4. The summed E-state index contributed by atoms with van der Waals surface area (Å²) in [6.45, 7) is 2.79. The molecule has 0 aromatic heterocycles. The lowest BCUT2D eigenvalue weighted by Gasteiger charge is -2.46. The Balaban J connectivity index is 1.74. The molecule has 79 heavy (non-hydrogen) atoms. The first-order valence-electron chi connectivity index (χ1n) is 32.4. The summed E-state index contributed by atoms with van der Waals surface area (Å²) in [5.41, 5.74) is 0. The first kappa shape index (κ1) is 73.1. The molecule has 12 atom stereocenters. The van der Waals surface area contributed by atoms with Crippen molar-refractivity contribution in [1.82, 2.24) is 5.32 Å². The van der Waals surface area contributed by atoms with Crippen LogP contribution in [0.5, 0.6) is 0 Å². The zero-order valence-electron chi connectivity index (χ0n) is 49.9. The SMILES string of the molecule is CCCCCCC/C=C\C/C=C\CCCCCCCCCCCCCCCC(=O)NC(COC1OC(CO)C(OC2OC(CO)C(O)C(O)C2O)C(O)C1O)C(O)/C=C/CC/C=C/CCCCCCCCCCCCCCCC. The highest BCUT2D eigenvalue weighted by atomic mass is 16.7. The molecule has 0 aliphatic carbocycles. The van der Waals surface area contributed by atoms with Crippen molar-refractivity contribution < 1.29 is 64.6 Å². The maximum atomic E-state index is 13.3. The Morgan fingerprint density at radius 2 is 0.848 bits per heavy atom. The van der Waals surface area contributed by atoms with Gasteiger partial charge in [-0.25, -0.2) is 0 Å². The quantitative estimate of drug-likeness (QED) is 0.0204. The molecule has 2 saturated heterocycles. The summed E-state index contributed by atoms with van der Waals surface area (Å²) < 4.78 is 22.8. The van der Waals surface area contributed by atoms with Crippen LogP contribution in [-0.2, 0) is 23.7 Å². The van der Waals surface area contributed by atoms with Crippen molar-refractivity contribution in [2.45, 2.75) is 338 Å². The van der Waals surface area contributed by atoms with Crippen molar-refractivity contribution >= 4 is 5.91 Å². The summed E-state index contributed by atoms with van der Waals surface area (Å²) in [7, 11) is 0. The van der Waals surface area contributed by atoms with Gasteiger partial charge < -0.3 is 65.1 Å². The van der Waals surface area contributed by atoms with E-state index in [1.54, 1.807) is 6.08 Å². The van der Waals surface area contributed by atoms with Crippen molar-refractivity contribution in [3.63, 3.8) is 0 Å². The van der Waals surface area contributed by atoms with Gasteiger partial charge in [0.2, 0.25) is 5.91 Å². The number of unbranched alkanes of at least 4 members (excludes halogenated alkanes) is 33. The van der Waals surface area contributed by atoms with Gasteiger partial charge in [0.1, 0.15) is 48.8 Å². The summed E-state index contributed by atoms with van der Waals surface area (Å²) in [6.07, 6.45) is 47.2. The number of amides is 1. The molecule has 14 nitrogen and oxygen atoms in total. The fourth-order valence-electron chi connectivity index (χ4n) is 10.5. The average molecular weight is 1120 g/mol. The molecule has 2 aliphatic rings. The molecular formula is C65H119NO13. The van der Waals surface area contributed by atoms with Crippen LogP contribution in [0.25, 0.3) is 0 Å². The van der Waals surface area contributed by atoms with E-state index in [-0.39, 0.29) is 18.9 Å². The zero-order chi connectivity index (χ0) is 57.4. The van der Waals surface area contributed by atoms with Gasteiger partial charge in [0.25, 0.3) is 0 Å². The van der Waals surface area contributed by atoms with Crippen LogP contribution in [0.2, 0.25) is 0 Å². The van der Waals surface area contributed by atoms with E-state index >= 15 is 0 Å². The third-order valence-corrected chi connectivity index (χ3v) is 15.7. The first-order valence-corrected chi connectivity index (χ1v) is 32.4. The molecule has 0 spiro atoms. The van der Waals surface area contributed by atoms with Crippen LogP contribution in [-0.4, -0.2) is 140 Å². The molecule has 14 heteroatoms. The molecule has 2 heterocycles. The van der Waals surface area contributed by atoms with Gasteiger partial charge in [0.15, 0.2) is 12.6 Å². The second-order valence-corrected chi connectivity index (χ2v) is 22.9. The largest absolute Gasteiger partial charge is 0.394 e. The van der Waals surface area contributed by atoms with Crippen LogP contribution in [0.1, 0.15) is 264 Å². The third-order valence-electron chi connectivity index (χ3n) is 15.7. The van der Waals surface area contributed by atoms with Gasteiger partial charge in [-0.1, -0.05) is 242 Å². The van der Waals surface area contributed by atoms with Crippen molar-refractivity contribution in [1.29, 1.82) is 0 Å². The lowest BCUT2D eigenvalue weighted by atomic mass is 9.97. The summed E-state index contributed by atoms with van der Waals surface area (Å²) in [5, 5.41) is 87.2. The van der Waals surface area contributed by atoms with Gasteiger partial charge in [-0.2, -0.15) is 0 Å². The molecule has 1 amide bonds. The Bertz CT molecular complexity index is 1510. The number of allylic oxidation sites excluding steroid dienone is 7. The number of rotatable bonds is 52. The highest BCUT2D eigenvalue weighted by Gasteiger charge is 2.51. The zero-order valence-corrected chi connectivity index (χ0v) is 49.9. The third kappa shape index (κ3) is 35.6. The Hall–Kier alpha value is -2.05. The first-order chi connectivity index (χ1) is 38.6. The minimum Gasteiger partial charge on any atom is -0.394 e. The van der Waals surface area contributed by atoms with E-state index < -0.39 is 86.8 Å². The molecule has 0 aromatic carbocycles. The topological polar surface area (TPSA) is 228 Å². The molecule has 2 fully saturated rings. The predicted octanol–water partition coefficient (Wildman–Crippen LogP) is 12.0. The van der Waals surface area contributed by atoms with Gasteiger partial charge in [-0.05, 0) is 64.2 Å². The number of carbonyl (C=O) groups excluding carboxylic acids is 1. The number of carbonyl (C=O) groups is 1. The molecule has 0 saturated carbocycles. The van der Waals surface area contributed by atoms with Gasteiger partial charge in [-0.15, -0.1) is 0 Å². The smallest absolute Gasteiger partial charge is 0.220 e. The fourth-order valence-corrected chi connectivity index (χ4v) is 10.5. The molecule has 0 bridgehead atoms. The summed E-state index contributed by atoms with van der Waals surface area (Å²) >= 11 is 0. The molecule has 2 rings (SSSR count). The maximum absolute atomic E-state index is 13.3. The molecule has 0 radical (unpaired) electrons. The van der Waals surface area contributed by atoms with Crippen LogP contribution in [0.3, 0.4) is 0 Å². The number of hydrogen-bond acceptors (Lipinski definition) is 13. The number of aliphatic hydroxyl groups excluding tert-OH is 8. The van der Waals surface area contributed by atoms with Crippen molar-refractivity contribution in [2.75, 3.05) is 19.8 Å². The van der Waals surface area contributed by atoms with Gasteiger partial charge >= 0.3 is 0 Å². The van der Waals surface area contributed by atoms with Gasteiger partial charge in [0.05, 0.1) is 32.0 Å². The number of nitrogens with one attached hydrogen (secondary N) is 1. The van der Waals surface area contributed by atoms with Crippen LogP contribution in [0.15, 0.2) is 48.6 Å². The fraction of sp³-hybridized carbons (Fsp3) is 0.862. The standard InChI is InChI=1S/C65H119NO13/c1-3-5-7-9-11-13-15-17-19-21-23-25-26-27-28-29-31-33-35-37-39-41-43-45-47-49-57(70)66-53(54(69)48-46-44-42-40-38-36-34-32-30-24-22-20-18-16-14-12-10-8-6-4-2)52-76-64-62(75)60(73)63(56(51-68)78-64)79-65-61(74)59(72)58(71)55(50-67)77-65/h15,17,21,23,38,40,46,48,53-56,58-65,67-69,71-75H,3-14,16,18-20,22,24-37,39,41-45,47,49-52H2,1-2H3,(H,66,70)/b17-15-,23-21-,40-38+,48-46+. The Morgan fingerprint density at radius 3 is 1.32 bits per heavy atom. The highest BCUT2D eigenvalue weighted by molar-refractivity contribution is 5.76. The normalized spacial score (nSPS) is 24.7. The molecule has 12 unspecified atom stereocenters. The Morgan fingerprint density at radius 1 is 0.456 bits per heavy atom. The van der Waals surface area contributed by atoms with Gasteiger partial charge in [0, 0.05) is 6.42 Å². The number of hydrogen-bond donors (Lipinski definition) is 9. The minimum absolute atomic E-state index is 0.248. The van der Waals surface area contributed by atoms with Crippen LogP contribution in [0.4, 0.5) is 0 Å². The monoisotopic (exact) mass is 1120 g/mol. The summed E-state index contributed by atoms with van der Waals surface area (Å²) in [6, 6.07) is -0.933. The van der Waals surface area contributed by atoms with E-state index in [9.17, 15) is 45.6 Å². The van der Waals surface area contributed by atoms with Crippen molar-refractivity contribution in [3.05, 3.63) is 48.6 Å². The lowest BCUT2D eigenvalue weighted by molar-refractivity contribution is -0.359. The highest BCUT2D eigenvalue weighted by Crippen LogP contribution is 2.30. The van der Waals surface area contributed by atoms with E-state index in [1.807, 2.05) is 6.08 Å². The van der Waals surface area contributed by atoms with E-state index in [0.717, 1.165) is 38.5 Å². The van der Waals surface area contributed by atoms with E-state index in [4.69, 9.17) is 18.9 Å². The average Bonchev–Trinajstić information content (AvgIpc) is 3.47. The second kappa shape index (κ2) is 50.5. The minimum atomic E-state index is -1.79.